The normalized spacial score (nSPS) is 17.1. The topological polar surface area (TPSA) is 43.1 Å². The molecule has 0 unspecified atom stereocenters. The van der Waals surface area contributed by atoms with Gasteiger partial charge in [-0.3, -0.25) is 4.79 Å². The van der Waals surface area contributed by atoms with Crippen molar-refractivity contribution in [1.29, 1.82) is 0 Å². The number of benzene rings is 1. The molecule has 3 heteroatoms. The Kier molecular flexibility index (Phi) is 3.46. The first-order chi connectivity index (χ1) is 8.09. The fourth-order valence-electron chi connectivity index (χ4n) is 2.73. The van der Waals surface area contributed by atoms with Crippen molar-refractivity contribution >= 4 is 5.91 Å². The summed E-state index contributed by atoms with van der Waals surface area (Å²) in [6.07, 6.45) is 5.97. The van der Waals surface area contributed by atoms with Gasteiger partial charge in [0, 0.05) is 0 Å². The van der Waals surface area contributed by atoms with Gasteiger partial charge in [0.2, 0.25) is 0 Å². The average Bonchev–Trinajstić information content (AvgIpc) is 2.29. The summed E-state index contributed by atoms with van der Waals surface area (Å²) < 4.78 is 13.5. The molecule has 2 nitrogen and oxygen atoms in total. The van der Waals surface area contributed by atoms with Crippen molar-refractivity contribution in [3.63, 3.8) is 0 Å². The molecule has 0 saturated heterocycles. The molecule has 1 saturated carbocycles. The molecule has 0 heterocycles. The van der Waals surface area contributed by atoms with Gasteiger partial charge in [0.25, 0.3) is 5.91 Å². The average molecular weight is 235 g/mol. The summed E-state index contributed by atoms with van der Waals surface area (Å²) in [5.41, 5.74) is 7.24. The van der Waals surface area contributed by atoms with E-state index in [2.05, 4.69) is 0 Å². The van der Waals surface area contributed by atoms with Crippen LogP contribution in [0.2, 0.25) is 0 Å². The molecule has 1 amide bonds. The maximum Gasteiger partial charge on any atom is 0.251 e. The molecule has 2 N–H and O–H groups in total. The van der Waals surface area contributed by atoms with Crippen molar-refractivity contribution in [3.8, 4) is 0 Å². The lowest BCUT2D eigenvalue weighted by Gasteiger charge is -2.24. The van der Waals surface area contributed by atoms with E-state index in [1.807, 2.05) is 6.92 Å². The molecule has 1 aliphatic carbocycles. The highest BCUT2D eigenvalue weighted by Gasteiger charge is 2.20. The van der Waals surface area contributed by atoms with E-state index in [4.69, 9.17) is 5.73 Å². The second kappa shape index (κ2) is 4.86. The molecule has 0 radical (unpaired) electrons. The molecule has 0 atom stereocenters. The van der Waals surface area contributed by atoms with Crippen LogP contribution in [0.3, 0.4) is 0 Å². The molecular weight excluding hydrogens is 217 g/mol. The zero-order valence-corrected chi connectivity index (χ0v) is 10.1. The van der Waals surface area contributed by atoms with Crippen LogP contribution < -0.4 is 5.73 Å². The zero-order valence-electron chi connectivity index (χ0n) is 10.1. The molecule has 17 heavy (non-hydrogen) atoms. The molecule has 0 bridgehead atoms. The second-order valence-electron chi connectivity index (χ2n) is 4.89. The van der Waals surface area contributed by atoms with Crippen molar-refractivity contribution in [1.82, 2.24) is 0 Å². The number of carbonyl (C=O) groups excluding carboxylic acids is 1. The maximum absolute atomic E-state index is 13.5. The van der Waals surface area contributed by atoms with Crippen molar-refractivity contribution in [2.45, 2.75) is 44.9 Å². The molecule has 92 valence electrons. The Labute approximate surface area is 101 Å². The first kappa shape index (κ1) is 12.1. The second-order valence-corrected chi connectivity index (χ2v) is 4.89. The van der Waals surface area contributed by atoms with Gasteiger partial charge in [0.15, 0.2) is 0 Å². The third-order valence-corrected chi connectivity index (χ3v) is 3.67. The van der Waals surface area contributed by atoms with E-state index in [0.29, 0.717) is 5.92 Å². The minimum Gasteiger partial charge on any atom is -0.366 e. The number of hydrogen-bond donors (Lipinski definition) is 1. The van der Waals surface area contributed by atoms with E-state index < -0.39 is 11.7 Å². The number of halogens is 1. The monoisotopic (exact) mass is 235 g/mol. The Bertz CT molecular complexity index is 436. The molecule has 0 spiro atoms. The van der Waals surface area contributed by atoms with Crippen LogP contribution in [-0.2, 0) is 0 Å². The van der Waals surface area contributed by atoms with Gasteiger partial charge in [0.05, 0.1) is 5.56 Å². The van der Waals surface area contributed by atoms with Gasteiger partial charge in [-0.25, -0.2) is 4.39 Å². The summed E-state index contributed by atoms with van der Waals surface area (Å²) in [5.74, 6) is -0.725. The number of nitrogens with two attached hydrogens (primary N) is 1. The van der Waals surface area contributed by atoms with Gasteiger partial charge in [0.1, 0.15) is 5.82 Å². The highest BCUT2D eigenvalue weighted by molar-refractivity contribution is 5.93. The van der Waals surface area contributed by atoms with Crippen LogP contribution in [0.1, 0.15) is 59.5 Å². The zero-order chi connectivity index (χ0) is 12.4. The Morgan fingerprint density at radius 1 is 1.29 bits per heavy atom. The Hall–Kier alpha value is -1.38. The van der Waals surface area contributed by atoms with Crippen LogP contribution in [0.4, 0.5) is 4.39 Å². The Morgan fingerprint density at radius 2 is 1.94 bits per heavy atom. The van der Waals surface area contributed by atoms with Crippen LogP contribution in [-0.4, -0.2) is 5.91 Å². The smallest absolute Gasteiger partial charge is 0.251 e. The predicted octanol–water partition coefficient (Wildman–Crippen LogP) is 3.28. The molecule has 0 aromatic heterocycles. The quantitative estimate of drug-likeness (QED) is 0.839. The van der Waals surface area contributed by atoms with E-state index in [-0.39, 0.29) is 5.56 Å². The van der Waals surface area contributed by atoms with Crippen LogP contribution >= 0.6 is 0 Å². The minimum atomic E-state index is -0.681. The highest BCUT2D eigenvalue weighted by Crippen LogP contribution is 2.35. The van der Waals surface area contributed by atoms with E-state index in [1.165, 1.54) is 25.3 Å². The molecule has 0 aliphatic heterocycles. The van der Waals surface area contributed by atoms with Gasteiger partial charge >= 0.3 is 0 Å². The lowest BCUT2D eigenvalue weighted by Crippen LogP contribution is -2.15. The van der Waals surface area contributed by atoms with E-state index in [1.54, 1.807) is 6.07 Å². The van der Waals surface area contributed by atoms with Gasteiger partial charge in [-0.05, 0) is 48.9 Å². The summed E-state index contributed by atoms with van der Waals surface area (Å²) in [6, 6.07) is 3.09. The number of aryl methyl sites for hydroxylation is 1. The van der Waals surface area contributed by atoms with Crippen molar-refractivity contribution in [3.05, 3.63) is 34.6 Å². The number of primary amides is 1. The van der Waals surface area contributed by atoms with Gasteiger partial charge in [-0.15, -0.1) is 0 Å². The number of hydrogen-bond acceptors (Lipinski definition) is 1. The largest absolute Gasteiger partial charge is 0.366 e. The fourth-order valence-corrected chi connectivity index (χ4v) is 2.73. The number of amides is 1. The van der Waals surface area contributed by atoms with Crippen molar-refractivity contribution in [2.24, 2.45) is 5.73 Å². The van der Waals surface area contributed by atoms with Gasteiger partial charge in [-0.2, -0.15) is 0 Å². The van der Waals surface area contributed by atoms with Gasteiger partial charge < -0.3 is 5.73 Å². The third kappa shape index (κ3) is 2.48. The summed E-state index contributed by atoms with van der Waals surface area (Å²) >= 11 is 0. The maximum atomic E-state index is 13.5. The predicted molar refractivity (Wildman–Crippen MR) is 65.5 cm³/mol. The van der Waals surface area contributed by atoms with Crippen molar-refractivity contribution < 1.29 is 9.18 Å². The summed E-state index contributed by atoms with van der Waals surface area (Å²) in [4.78, 5) is 11.2. The van der Waals surface area contributed by atoms with E-state index >= 15 is 0 Å². The minimum absolute atomic E-state index is 0.0242. The molecule has 1 aromatic rings. The Balaban J connectivity index is 2.38. The van der Waals surface area contributed by atoms with E-state index in [0.717, 1.165) is 24.0 Å². The SMILES string of the molecule is Cc1cc(F)c(C(N)=O)cc1C1CCCCC1. The van der Waals surface area contributed by atoms with E-state index in [9.17, 15) is 9.18 Å². The lowest BCUT2D eigenvalue weighted by atomic mass is 9.81. The van der Waals surface area contributed by atoms with Crippen LogP contribution in [0.25, 0.3) is 0 Å². The van der Waals surface area contributed by atoms with Crippen LogP contribution in [0.5, 0.6) is 0 Å². The number of carbonyl (C=O) groups is 1. The van der Waals surface area contributed by atoms with Crippen LogP contribution in [0.15, 0.2) is 12.1 Å². The first-order valence-corrected chi connectivity index (χ1v) is 6.19. The summed E-state index contributed by atoms with van der Waals surface area (Å²) in [7, 11) is 0. The first-order valence-electron chi connectivity index (χ1n) is 6.19. The fraction of sp³-hybridized carbons (Fsp3) is 0.500. The summed E-state index contributed by atoms with van der Waals surface area (Å²) in [5, 5.41) is 0. The molecule has 2 rings (SSSR count). The van der Waals surface area contributed by atoms with Gasteiger partial charge in [-0.1, -0.05) is 19.3 Å². The third-order valence-electron chi connectivity index (χ3n) is 3.67. The highest BCUT2D eigenvalue weighted by atomic mass is 19.1. The van der Waals surface area contributed by atoms with Crippen LogP contribution in [0, 0.1) is 12.7 Å². The Morgan fingerprint density at radius 3 is 2.53 bits per heavy atom. The standard InChI is InChI=1S/C14H18FNO/c1-9-7-13(15)12(14(16)17)8-11(9)10-5-3-2-4-6-10/h7-8,10H,2-6H2,1H3,(H2,16,17). The number of rotatable bonds is 2. The summed E-state index contributed by atoms with van der Waals surface area (Å²) in [6.45, 7) is 1.90. The molecule has 1 aromatic carbocycles. The van der Waals surface area contributed by atoms with Crippen molar-refractivity contribution in [2.75, 3.05) is 0 Å². The lowest BCUT2D eigenvalue weighted by molar-refractivity contribution is 0.0996. The molecule has 1 fully saturated rings. The molecule has 1 aliphatic rings. The molecular formula is C14H18FNO.